The number of β-lactam (4-membered cyclic amide) rings is 1. The van der Waals surface area contributed by atoms with Gasteiger partial charge in [0.05, 0.1) is 12.5 Å². The van der Waals surface area contributed by atoms with Crippen molar-refractivity contribution < 1.29 is 4.79 Å². The minimum Gasteiger partial charge on any atom is -0.338 e. The zero-order valence-corrected chi connectivity index (χ0v) is 8.08. The van der Waals surface area contributed by atoms with E-state index in [1.165, 1.54) is 0 Å². The molecule has 2 rings (SSSR count). The Morgan fingerprint density at radius 3 is 2.69 bits per heavy atom. The summed E-state index contributed by atoms with van der Waals surface area (Å²) in [5.41, 5.74) is 1.05. The molecule has 13 heavy (non-hydrogen) atoms. The standard InChI is InChI=1S/C10H10ClNO/c1-12-9(6-10(12)13)7-4-2-3-5-8(7)11/h2-5,9H,6H2,1H3. The first-order chi connectivity index (χ1) is 6.20. The molecule has 1 unspecified atom stereocenters. The van der Waals surface area contributed by atoms with Crippen LogP contribution in [0.2, 0.25) is 5.02 Å². The van der Waals surface area contributed by atoms with E-state index in [9.17, 15) is 4.79 Å². The number of benzene rings is 1. The minimum absolute atomic E-state index is 0.182. The summed E-state index contributed by atoms with van der Waals surface area (Å²) in [7, 11) is 1.81. The summed E-state index contributed by atoms with van der Waals surface area (Å²) in [4.78, 5) is 12.7. The van der Waals surface area contributed by atoms with Crippen molar-refractivity contribution in [2.24, 2.45) is 0 Å². The molecule has 1 fully saturated rings. The number of nitrogens with zero attached hydrogens (tertiary/aromatic N) is 1. The largest absolute Gasteiger partial charge is 0.338 e. The Balaban J connectivity index is 2.27. The molecule has 2 nitrogen and oxygen atoms in total. The van der Waals surface area contributed by atoms with Gasteiger partial charge in [-0.2, -0.15) is 0 Å². The van der Waals surface area contributed by atoms with Gasteiger partial charge in [0.1, 0.15) is 0 Å². The van der Waals surface area contributed by atoms with Crippen molar-refractivity contribution in [3.05, 3.63) is 34.9 Å². The Morgan fingerprint density at radius 2 is 2.15 bits per heavy atom. The van der Waals surface area contributed by atoms with Crippen LogP contribution in [-0.4, -0.2) is 17.9 Å². The van der Waals surface area contributed by atoms with E-state index in [2.05, 4.69) is 0 Å². The molecule has 0 spiro atoms. The Kier molecular flexibility index (Phi) is 2.00. The van der Waals surface area contributed by atoms with Gasteiger partial charge in [-0.3, -0.25) is 4.79 Å². The van der Waals surface area contributed by atoms with Gasteiger partial charge in [0.15, 0.2) is 0 Å². The SMILES string of the molecule is CN1C(=O)CC1c1ccccc1Cl. The van der Waals surface area contributed by atoms with Crippen LogP contribution < -0.4 is 0 Å². The summed E-state index contributed by atoms with van der Waals surface area (Å²) in [5, 5.41) is 0.742. The van der Waals surface area contributed by atoms with Crippen LogP contribution in [0.5, 0.6) is 0 Å². The summed E-state index contributed by atoms with van der Waals surface area (Å²) in [6, 6.07) is 7.84. The first kappa shape index (κ1) is 8.57. The number of hydrogen-bond acceptors (Lipinski definition) is 1. The average molecular weight is 196 g/mol. The Morgan fingerprint density at radius 1 is 1.46 bits per heavy atom. The van der Waals surface area contributed by atoms with E-state index >= 15 is 0 Å². The lowest BCUT2D eigenvalue weighted by Crippen LogP contribution is -2.43. The van der Waals surface area contributed by atoms with Gasteiger partial charge in [-0.1, -0.05) is 29.8 Å². The lowest BCUT2D eigenvalue weighted by Gasteiger charge is -2.38. The monoisotopic (exact) mass is 195 g/mol. The fourth-order valence-corrected chi connectivity index (χ4v) is 1.83. The third-order valence-corrected chi connectivity index (χ3v) is 2.84. The first-order valence-electron chi connectivity index (χ1n) is 4.20. The van der Waals surface area contributed by atoms with Crippen LogP contribution in [0.25, 0.3) is 0 Å². The van der Waals surface area contributed by atoms with Crippen molar-refractivity contribution in [1.82, 2.24) is 4.90 Å². The van der Waals surface area contributed by atoms with Crippen LogP contribution in [0.1, 0.15) is 18.0 Å². The average Bonchev–Trinajstić information content (AvgIpc) is 2.15. The first-order valence-corrected chi connectivity index (χ1v) is 4.58. The number of likely N-dealkylation sites (tertiary alicyclic amines) is 1. The molecule has 68 valence electrons. The number of halogens is 1. The Hall–Kier alpha value is -1.02. The highest BCUT2D eigenvalue weighted by molar-refractivity contribution is 6.31. The van der Waals surface area contributed by atoms with E-state index in [4.69, 9.17) is 11.6 Å². The molecule has 1 amide bonds. The van der Waals surface area contributed by atoms with Gasteiger partial charge in [-0.25, -0.2) is 0 Å². The highest BCUT2D eigenvalue weighted by atomic mass is 35.5. The fraction of sp³-hybridized carbons (Fsp3) is 0.300. The van der Waals surface area contributed by atoms with E-state index in [1.807, 2.05) is 24.3 Å². The van der Waals surface area contributed by atoms with Gasteiger partial charge < -0.3 is 4.90 Å². The number of amides is 1. The summed E-state index contributed by atoms with van der Waals surface area (Å²) >= 11 is 6.01. The third-order valence-electron chi connectivity index (χ3n) is 2.49. The Bertz CT molecular complexity index is 351. The second-order valence-corrected chi connectivity index (χ2v) is 3.65. The molecule has 0 radical (unpaired) electrons. The van der Waals surface area contributed by atoms with E-state index in [0.29, 0.717) is 6.42 Å². The van der Waals surface area contributed by atoms with E-state index in [0.717, 1.165) is 10.6 Å². The normalized spacial score (nSPS) is 21.5. The minimum atomic E-state index is 0.182. The van der Waals surface area contributed by atoms with Crippen LogP contribution >= 0.6 is 11.6 Å². The topological polar surface area (TPSA) is 20.3 Å². The molecule has 0 aliphatic carbocycles. The molecule has 0 saturated carbocycles. The summed E-state index contributed by atoms with van der Waals surface area (Å²) in [6.07, 6.45) is 0.584. The molecular weight excluding hydrogens is 186 g/mol. The zero-order valence-electron chi connectivity index (χ0n) is 7.33. The summed E-state index contributed by atoms with van der Waals surface area (Å²) in [5.74, 6) is 0.185. The van der Waals surface area contributed by atoms with Gasteiger partial charge in [-0.15, -0.1) is 0 Å². The molecule has 0 N–H and O–H groups in total. The third kappa shape index (κ3) is 1.31. The number of carbonyl (C=O) groups excluding carboxylic acids is 1. The van der Waals surface area contributed by atoms with E-state index in [1.54, 1.807) is 11.9 Å². The Labute approximate surface area is 82.1 Å². The second-order valence-electron chi connectivity index (χ2n) is 3.25. The van der Waals surface area contributed by atoms with Crippen molar-refractivity contribution in [3.8, 4) is 0 Å². The van der Waals surface area contributed by atoms with Crippen LogP contribution in [0, 0.1) is 0 Å². The molecule has 1 aliphatic rings. The van der Waals surface area contributed by atoms with E-state index in [-0.39, 0.29) is 11.9 Å². The lowest BCUT2D eigenvalue weighted by molar-refractivity contribution is -0.143. The lowest BCUT2D eigenvalue weighted by atomic mass is 9.95. The number of carbonyl (C=O) groups is 1. The van der Waals surface area contributed by atoms with Crippen molar-refractivity contribution in [1.29, 1.82) is 0 Å². The smallest absolute Gasteiger partial charge is 0.225 e. The fourth-order valence-electron chi connectivity index (χ4n) is 1.57. The molecule has 1 atom stereocenters. The molecule has 1 aromatic carbocycles. The molecule has 1 saturated heterocycles. The maximum Gasteiger partial charge on any atom is 0.225 e. The van der Waals surface area contributed by atoms with Crippen LogP contribution in [0.3, 0.4) is 0 Å². The molecule has 3 heteroatoms. The molecule has 0 aromatic heterocycles. The predicted octanol–water partition coefficient (Wildman–Crippen LogP) is 2.24. The van der Waals surface area contributed by atoms with Gasteiger partial charge in [0, 0.05) is 12.1 Å². The zero-order chi connectivity index (χ0) is 9.42. The maximum absolute atomic E-state index is 11.0. The molecule has 0 bridgehead atoms. The van der Waals surface area contributed by atoms with Crippen LogP contribution in [0.4, 0.5) is 0 Å². The molecular formula is C10H10ClNO. The van der Waals surface area contributed by atoms with Gasteiger partial charge in [0.25, 0.3) is 0 Å². The highest BCUT2D eigenvalue weighted by Crippen LogP contribution is 2.36. The maximum atomic E-state index is 11.0. The number of rotatable bonds is 1. The van der Waals surface area contributed by atoms with Gasteiger partial charge >= 0.3 is 0 Å². The molecule has 1 aromatic rings. The van der Waals surface area contributed by atoms with Crippen molar-refractivity contribution >= 4 is 17.5 Å². The molecule has 1 aliphatic heterocycles. The van der Waals surface area contributed by atoms with Crippen LogP contribution in [0.15, 0.2) is 24.3 Å². The van der Waals surface area contributed by atoms with Gasteiger partial charge in [0.2, 0.25) is 5.91 Å². The van der Waals surface area contributed by atoms with Crippen LogP contribution in [-0.2, 0) is 4.79 Å². The molecule has 1 heterocycles. The van der Waals surface area contributed by atoms with Gasteiger partial charge in [-0.05, 0) is 11.6 Å². The quantitative estimate of drug-likeness (QED) is 0.630. The van der Waals surface area contributed by atoms with Crippen molar-refractivity contribution in [2.75, 3.05) is 7.05 Å². The van der Waals surface area contributed by atoms with Crippen molar-refractivity contribution in [3.63, 3.8) is 0 Å². The van der Waals surface area contributed by atoms with Crippen molar-refractivity contribution in [2.45, 2.75) is 12.5 Å². The highest BCUT2D eigenvalue weighted by Gasteiger charge is 2.34. The summed E-state index contributed by atoms with van der Waals surface area (Å²) < 4.78 is 0. The number of hydrogen-bond donors (Lipinski definition) is 0. The second kappa shape index (κ2) is 3.04. The van der Waals surface area contributed by atoms with E-state index < -0.39 is 0 Å². The predicted molar refractivity (Wildman–Crippen MR) is 51.6 cm³/mol. The summed E-state index contributed by atoms with van der Waals surface area (Å²) in [6.45, 7) is 0.